The third-order valence-corrected chi connectivity index (χ3v) is 7.76. The van der Waals surface area contributed by atoms with E-state index < -0.39 is 60.6 Å². The number of aliphatic hydroxyl groups is 1. The Balaban J connectivity index is 1.80. The minimum Gasteiger partial charge on any atom is -0.462 e. The van der Waals surface area contributed by atoms with E-state index in [1.54, 1.807) is 44.2 Å². The summed E-state index contributed by atoms with van der Waals surface area (Å²) in [4.78, 5) is 37.9. The van der Waals surface area contributed by atoms with E-state index in [0.29, 0.717) is 5.75 Å². The Morgan fingerprint density at radius 3 is 2.58 bits per heavy atom. The van der Waals surface area contributed by atoms with Crippen LogP contribution in [0.5, 0.6) is 5.75 Å². The number of rotatable bonds is 10. The number of halogens is 1. The zero-order chi connectivity index (χ0) is 26.7. The molecule has 0 bridgehead atoms. The number of aromatic nitrogens is 2. The van der Waals surface area contributed by atoms with Gasteiger partial charge >= 0.3 is 18.3 Å². The number of para-hydroxylation sites is 1. The second kappa shape index (κ2) is 11.3. The van der Waals surface area contributed by atoms with Gasteiger partial charge in [0.1, 0.15) is 24.0 Å². The summed E-state index contributed by atoms with van der Waals surface area (Å²) >= 11 is 5.60. The summed E-state index contributed by atoms with van der Waals surface area (Å²) in [5, 5.41) is 13.5. The Hall–Kier alpha value is -2.41. The highest BCUT2D eigenvalue weighted by Gasteiger charge is 2.55. The van der Waals surface area contributed by atoms with Crippen molar-refractivity contribution in [3.8, 4) is 5.75 Å². The minimum atomic E-state index is -3.47. The first-order chi connectivity index (χ1) is 16.8. The molecule has 14 heteroatoms. The molecule has 11 nitrogen and oxygen atoms in total. The van der Waals surface area contributed by atoms with E-state index in [1.165, 1.54) is 6.92 Å². The number of hydrogen-bond acceptors (Lipinski definition) is 9. The Morgan fingerprint density at radius 2 is 1.97 bits per heavy atom. The van der Waals surface area contributed by atoms with Crippen molar-refractivity contribution in [2.45, 2.75) is 63.9 Å². The van der Waals surface area contributed by atoms with Gasteiger partial charge in [-0.3, -0.25) is 19.1 Å². The fourth-order valence-corrected chi connectivity index (χ4v) is 5.89. The Bertz CT molecular complexity index is 1220. The number of alkyl halides is 1. The number of aromatic amines is 1. The average Bonchev–Trinajstić information content (AvgIpc) is 3.01. The third kappa shape index (κ3) is 6.67. The molecule has 1 aliphatic rings. The molecule has 36 heavy (non-hydrogen) atoms. The summed E-state index contributed by atoms with van der Waals surface area (Å²) in [7, 11) is 0. The molecule has 0 aliphatic carbocycles. The van der Waals surface area contributed by atoms with Crippen LogP contribution in [0, 0.1) is 0 Å². The van der Waals surface area contributed by atoms with Gasteiger partial charge < -0.3 is 23.6 Å². The van der Waals surface area contributed by atoms with Gasteiger partial charge in [0.15, 0.2) is 11.9 Å². The zero-order valence-corrected chi connectivity index (χ0v) is 21.8. The maximum atomic E-state index is 15.5. The minimum absolute atomic E-state index is 0.354. The van der Waals surface area contributed by atoms with Gasteiger partial charge in [-0.15, -0.1) is 0 Å². The van der Waals surface area contributed by atoms with E-state index in [4.69, 9.17) is 30.3 Å². The van der Waals surface area contributed by atoms with E-state index in [-0.39, 0.29) is 6.10 Å². The monoisotopic (exact) mass is 545 g/mol. The molecule has 2 heterocycles. The first-order valence-corrected chi connectivity index (χ1v) is 13.8. The van der Waals surface area contributed by atoms with E-state index in [1.807, 2.05) is 4.98 Å². The highest BCUT2D eigenvalue weighted by molar-refractivity contribution is 8.09. The molecule has 3 N–H and O–H groups in total. The second-order valence-electron chi connectivity index (χ2n) is 8.67. The normalized spacial score (nSPS) is 26.4. The molecular weight excluding hydrogens is 516 g/mol. The molecule has 3 rings (SSSR count). The SMILES string of the molecule is CC(C)OC(=O)[C@@H](C)N[P@@](=S)(OC[C@H]1O[C@@H](n2ccc(=O)[nH]c2=O)[C@](C)(F)[C@@H]1O)Oc1ccccc1. The van der Waals surface area contributed by atoms with Crippen LogP contribution in [0.2, 0.25) is 0 Å². The molecule has 1 aromatic heterocycles. The van der Waals surface area contributed by atoms with Crippen molar-refractivity contribution >= 4 is 24.4 Å². The van der Waals surface area contributed by atoms with Crippen molar-refractivity contribution in [2.75, 3.05) is 6.61 Å². The molecule has 1 aliphatic heterocycles. The van der Waals surface area contributed by atoms with Gasteiger partial charge in [0.25, 0.3) is 5.56 Å². The largest absolute Gasteiger partial charge is 0.462 e. The van der Waals surface area contributed by atoms with Gasteiger partial charge in [-0.25, -0.2) is 14.3 Å². The molecular formula is C22H29FN3O8PS. The maximum absolute atomic E-state index is 15.5. The van der Waals surface area contributed by atoms with Gasteiger partial charge in [-0.1, -0.05) is 18.2 Å². The predicted octanol–water partition coefficient (Wildman–Crippen LogP) is 1.77. The number of esters is 1. The van der Waals surface area contributed by atoms with Gasteiger partial charge in [0.05, 0.1) is 12.7 Å². The molecule has 2 aromatic rings. The van der Waals surface area contributed by atoms with Gasteiger partial charge in [-0.2, -0.15) is 0 Å². The molecule has 6 atom stereocenters. The number of benzene rings is 1. The lowest BCUT2D eigenvalue weighted by Gasteiger charge is -2.28. The van der Waals surface area contributed by atoms with Crippen molar-refractivity contribution in [2.24, 2.45) is 0 Å². The summed E-state index contributed by atoms with van der Waals surface area (Å²) in [6, 6.07) is 8.62. The smallest absolute Gasteiger partial charge is 0.330 e. The van der Waals surface area contributed by atoms with Gasteiger partial charge in [0, 0.05) is 12.3 Å². The number of carbonyl (C=O) groups is 1. The van der Waals surface area contributed by atoms with Crippen molar-refractivity contribution in [3.05, 3.63) is 63.4 Å². The van der Waals surface area contributed by atoms with Crippen LogP contribution in [0.1, 0.15) is 33.9 Å². The topological polar surface area (TPSA) is 141 Å². The fourth-order valence-electron chi connectivity index (χ4n) is 3.47. The third-order valence-electron chi connectivity index (χ3n) is 5.26. The van der Waals surface area contributed by atoms with Crippen LogP contribution in [-0.4, -0.2) is 57.3 Å². The maximum Gasteiger partial charge on any atom is 0.330 e. The molecule has 1 fully saturated rings. The lowest BCUT2D eigenvalue weighted by atomic mass is 9.98. The van der Waals surface area contributed by atoms with Crippen LogP contribution in [-0.2, 0) is 30.6 Å². The standard InChI is InChI=1S/C22H29FN3O8PS/c1-13(2)32-19(29)14(3)25-35(36,34-15-8-6-5-7-9-15)31-12-16-18(28)22(4,23)20(33-16)26-11-10-17(27)24-21(26)30/h5-11,13-14,16,18,20,28H,12H2,1-4H3,(H,25,36)(H,24,27,30)/t14-,16-,18-,20-,22-,35-/m1/s1. The van der Waals surface area contributed by atoms with Crippen LogP contribution >= 0.6 is 6.64 Å². The summed E-state index contributed by atoms with van der Waals surface area (Å²) in [5.74, 6) is -0.218. The number of nitrogens with one attached hydrogen (secondary N) is 2. The molecule has 0 saturated carbocycles. The average molecular weight is 546 g/mol. The number of ether oxygens (including phenoxy) is 2. The van der Waals surface area contributed by atoms with E-state index in [0.717, 1.165) is 23.8 Å². The quantitative estimate of drug-likeness (QED) is 0.299. The van der Waals surface area contributed by atoms with E-state index in [9.17, 15) is 19.5 Å². The molecule has 0 amide bonds. The molecule has 0 spiro atoms. The first-order valence-electron chi connectivity index (χ1n) is 11.1. The van der Waals surface area contributed by atoms with Crippen LogP contribution in [0.15, 0.2) is 52.2 Å². The number of nitrogens with zero attached hydrogens (tertiary/aromatic N) is 1. The highest BCUT2D eigenvalue weighted by atomic mass is 32.5. The molecule has 0 unspecified atom stereocenters. The first kappa shape index (κ1) is 28.2. The Labute approximate surface area is 211 Å². The van der Waals surface area contributed by atoms with Gasteiger partial charge in [-0.05, 0) is 51.6 Å². The van der Waals surface area contributed by atoms with E-state index in [2.05, 4.69) is 5.09 Å². The van der Waals surface area contributed by atoms with Crippen LogP contribution in [0.4, 0.5) is 4.39 Å². The predicted molar refractivity (Wildman–Crippen MR) is 132 cm³/mol. The number of H-pyrrole nitrogens is 1. The lowest BCUT2D eigenvalue weighted by molar-refractivity contribution is -0.149. The van der Waals surface area contributed by atoms with Gasteiger partial charge in [0.2, 0.25) is 0 Å². The van der Waals surface area contributed by atoms with Crippen molar-refractivity contribution in [1.82, 2.24) is 14.6 Å². The van der Waals surface area contributed by atoms with Crippen molar-refractivity contribution < 1.29 is 32.8 Å². The highest BCUT2D eigenvalue weighted by Crippen LogP contribution is 2.47. The molecule has 1 saturated heterocycles. The van der Waals surface area contributed by atoms with Crippen LogP contribution in [0.3, 0.4) is 0 Å². The summed E-state index contributed by atoms with van der Waals surface area (Å²) in [5.41, 5.74) is -3.98. The summed E-state index contributed by atoms with van der Waals surface area (Å²) < 4.78 is 38.9. The fraction of sp³-hybridized carbons (Fsp3) is 0.500. The van der Waals surface area contributed by atoms with Crippen LogP contribution < -0.4 is 20.9 Å². The number of carbonyl (C=O) groups excluding carboxylic acids is 1. The zero-order valence-electron chi connectivity index (χ0n) is 20.1. The van der Waals surface area contributed by atoms with Crippen molar-refractivity contribution in [3.63, 3.8) is 0 Å². The van der Waals surface area contributed by atoms with Crippen LogP contribution in [0.25, 0.3) is 0 Å². The second-order valence-corrected chi connectivity index (χ2v) is 11.8. The summed E-state index contributed by atoms with van der Waals surface area (Å²) in [6.45, 7) is 2.10. The Morgan fingerprint density at radius 1 is 1.31 bits per heavy atom. The number of hydrogen-bond donors (Lipinski definition) is 3. The Kier molecular flexibility index (Phi) is 8.86. The summed E-state index contributed by atoms with van der Waals surface area (Å²) in [6.07, 6.45) is -3.80. The van der Waals surface area contributed by atoms with Crippen molar-refractivity contribution in [1.29, 1.82) is 0 Å². The lowest BCUT2D eigenvalue weighted by Crippen LogP contribution is -2.43. The van der Waals surface area contributed by atoms with E-state index >= 15 is 4.39 Å². The molecule has 1 aromatic carbocycles. The molecule has 198 valence electrons. The molecule has 0 radical (unpaired) electrons. The number of aliphatic hydroxyl groups excluding tert-OH is 1.